The average Bonchev–Trinajstić information content (AvgIpc) is 2.92. The van der Waals surface area contributed by atoms with E-state index in [9.17, 15) is 19.8 Å². The van der Waals surface area contributed by atoms with E-state index in [-0.39, 0.29) is 59.9 Å². The molecule has 2 N–H and O–H groups in total. The van der Waals surface area contributed by atoms with Crippen molar-refractivity contribution in [2.75, 3.05) is 0 Å². The van der Waals surface area contributed by atoms with Crippen LogP contribution in [0.1, 0.15) is 77.6 Å². The molecule has 3 aliphatic rings. The molecule has 7 heteroatoms. The maximum Gasteiger partial charge on any atom is 0.311 e. The van der Waals surface area contributed by atoms with Crippen LogP contribution in [0.5, 0.6) is 17.2 Å². The van der Waals surface area contributed by atoms with Gasteiger partial charge in [-0.3, -0.25) is 9.59 Å². The summed E-state index contributed by atoms with van der Waals surface area (Å²) in [6.07, 6.45) is 4.61. The van der Waals surface area contributed by atoms with Gasteiger partial charge in [0, 0.05) is 24.5 Å². The van der Waals surface area contributed by atoms with Gasteiger partial charge in [0.05, 0.1) is 12.5 Å². The van der Waals surface area contributed by atoms with E-state index in [1.165, 1.54) is 6.07 Å². The van der Waals surface area contributed by atoms with Gasteiger partial charge in [0.1, 0.15) is 28.9 Å². The number of rotatable bonds is 3. The summed E-state index contributed by atoms with van der Waals surface area (Å²) in [4.78, 5) is 26.0. The largest absolute Gasteiger partial charge is 0.507 e. The number of phenols is 1. The molecule has 0 spiro atoms. The number of fused-ring (bicyclic) bond motifs is 6. The molecule has 2 bridgehead atoms. The highest BCUT2D eigenvalue weighted by atomic mass is 16.6. The molecule has 1 saturated heterocycles. The molecule has 3 aromatic carbocycles. The van der Waals surface area contributed by atoms with Crippen LogP contribution in [0.15, 0.2) is 72.8 Å². The summed E-state index contributed by atoms with van der Waals surface area (Å²) < 4.78 is 18.4. The van der Waals surface area contributed by atoms with Crippen molar-refractivity contribution in [2.45, 2.75) is 62.4 Å². The Labute approximate surface area is 226 Å². The average molecular weight is 527 g/mol. The molecular formula is C32H30O7. The highest BCUT2D eigenvalue weighted by molar-refractivity contribution is 6.03. The van der Waals surface area contributed by atoms with E-state index in [2.05, 4.69) is 0 Å². The van der Waals surface area contributed by atoms with Gasteiger partial charge in [-0.1, -0.05) is 66.7 Å². The number of hydrogen-bond donors (Lipinski definition) is 2. The Kier molecular flexibility index (Phi) is 6.71. The zero-order chi connectivity index (χ0) is 27.0. The van der Waals surface area contributed by atoms with E-state index in [0.717, 1.165) is 11.1 Å². The molecule has 7 nitrogen and oxygen atoms in total. The molecule has 39 heavy (non-hydrogen) atoms. The van der Waals surface area contributed by atoms with Crippen molar-refractivity contribution in [3.8, 4) is 17.2 Å². The van der Waals surface area contributed by atoms with Crippen LogP contribution in [0.3, 0.4) is 0 Å². The first-order chi connectivity index (χ1) is 18.9. The number of ether oxygens (including phenoxy) is 3. The number of carbonyl (C=O) groups is 2. The quantitative estimate of drug-likeness (QED) is 0.326. The molecule has 0 radical (unpaired) electrons. The first kappa shape index (κ1) is 25.3. The molecule has 3 heterocycles. The Bertz CT molecular complexity index is 1420. The van der Waals surface area contributed by atoms with E-state index in [1.54, 1.807) is 6.08 Å². The van der Waals surface area contributed by atoms with Gasteiger partial charge in [0.15, 0.2) is 11.6 Å². The van der Waals surface area contributed by atoms with Crippen LogP contribution in [0.2, 0.25) is 0 Å². The smallest absolute Gasteiger partial charge is 0.311 e. The Balaban J connectivity index is 1.45. The molecule has 3 aromatic rings. The Hall–Kier alpha value is -3.94. The minimum Gasteiger partial charge on any atom is -0.507 e. The number of carbonyl (C=O) groups excluding carboxylic acids is 2. The molecule has 0 saturated carbocycles. The summed E-state index contributed by atoms with van der Waals surface area (Å²) in [5.74, 6) is -2.57. The summed E-state index contributed by atoms with van der Waals surface area (Å²) in [5, 5.41) is 22.5. The second-order valence-corrected chi connectivity index (χ2v) is 10.5. The summed E-state index contributed by atoms with van der Waals surface area (Å²) in [6, 6.07) is 20.4. The highest BCUT2D eigenvalue weighted by Gasteiger charge is 2.44. The molecule has 3 aliphatic heterocycles. The summed E-state index contributed by atoms with van der Waals surface area (Å²) in [6.45, 7) is 0. The lowest BCUT2D eigenvalue weighted by Crippen LogP contribution is -2.42. The van der Waals surface area contributed by atoms with Crippen molar-refractivity contribution >= 4 is 17.8 Å². The van der Waals surface area contributed by atoms with Gasteiger partial charge in [0.2, 0.25) is 0 Å². The number of ketones is 1. The number of aliphatic hydroxyl groups is 1. The molecular weight excluding hydrogens is 496 g/mol. The highest BCUT2D eigenvalue weighted by Crippen LogP contribution is 2.53. The summed E-state index contributed by atoms with van der Waals surface area (Å²) in [7, 11) is 0. The zero-order valence-corrected chi connectivity index (χ0v) is 21.4. The van der Waals surface area contributed by atoms with Crippen LogP contribution in [0, 0.1) is 0 Å². The first-order valence-electron chi connectivity index (χ1n) is 13.4. The molecule has 0 aromatic heterocycles. The van der Waals surface area contributed by atoms with Gasteiger partial charge >= 0.3 is 5.97 Å². The van der Waals surface area contributed by atoms with Gasteiger partial charge in [-0.05, 0) is 42.4 Å². The number of benzene rings is 3. The van der Waals surface area contributed by atoms with Crippen LogP contribution in [0.25, 0.3) is 6.08 Å². The topological polar surface area (TPSA) is 102 Å². The van der Waals surface area contributed by atoms with E-state index < -0.39 is 17.9 Å². The van der Waals surface area contributed by atoms with E-state index >= 15 is 0 Å². The third-order valence-corrected chi connectivity index (χ3v) is 7.67. The maximum atomic E-state index is 13.3. The lowest BCUT2D eigenvalue weighted by molar-refractivity contribution is -0.227. The van der Waals surface area contributed by atoms with Gasteiger partial charge in [-0.15, -0.1) is 0 Å². The lowest BCUT2D eigenvalue weighted by Gasteiger charge is -2.42. The molecule has 0 aliphatic carbocycles. The van der Waals surface area contributed by atoms with Gasteiger partial charge < -0.3 is 24.4 Å². The van der Waals surface area contributed by atoms with E-state index in [4.69, 9.17) is 14.2 Å². The number of phenolic OH excluding ortho intramolecular Hbond substituents is 1. The normalized spacial score (nSPS) is 26.7. The van der Waals surface area contributed by atoms with Crippen molar-refractivity contribution in [1.82, 2.24) is 0 Å². The molecule has 0 unspecified atom stereocenters. The van der Waals surface area contributed by atoms with Gasteiger partial charge in [0.25, 0.3) is 0 Å². The molecule has 6 rings (SSSR count). The Morgan fingerprint density at radius 2 is 1.74 bits per heavy atom. The third-order valence-electron chi connectivity index (χ3n) is 7.67. The molecule has 200 valence electrons. The van der Waals surface area contributed by atoms with Crippen LogP contribution < -0.4 is 9.47 Å². The molecule has 0 amide bonds. The standard InChI is InChI=1S/C32H30O7/c33-24-17-26(21-10-5-2-6-11-21)38-31-29-22-16-23(12-7-13-28(35)37-27(29)18-25(34)30(24)31)39-32(36,19-22)15-14-20-8-3-1-4-9-20/h1-6,8-11,14-15,18,22-23,26,34,36H,7,12-13,16-17,19H2/t22-,23+,26+,32+/m1/s1. The minimum absolute atomic E-state index is 0.0727. The summed E-state index contributed by atoms with van der Waals surface area (Å²) in [5.41, 5.74) is 2.34. The third kappa shape index (κ3) is 5.20. The number of hydrogen-bond acceptors (Lipinski definition) is 7. The number of esters is 1. The first-order valence-corrected chi connectivity index (χ1v) is 13.4. The van der Waals surface area contributed by atoms with Crippen LogP contribution >= 0.6 is 0 Å². The van der Waals surface area contributed by atoms with E-state index in [0.29, 0.717) is 24.8 Å². The van der Waals surface area contributed by atoms with Crippen LogP contribution in [-0.2, 0) is 9.53 Å². The number of aromatic hydroxyl groups is 1. The predicted molar refractivity (Wildman–Crippen MR) is 144 cm³/mol. The fraction of sp³-hybridized carbons (Fsp3) is 0.312. The van der Waals surface area contributed by atoms with Crippen molar-refractivity contribution in [1.29, 1.82) is 0 Å². The summed E-state index contributed by atoms with van der Waals surface area (Å²) >= 11 is 0. The second kappa shape index (κ2) is 10.3. The van der Waals surface area contributed by atoms with Gasteiger partial charge in [-0.2, -0.15) is 0 Å². The van der Waals surface area contributed by atoms with E-state index in [1.807, 2.05) is 66.7 Å². The lowest BCUT2D eigenvalue weighted by atomic mass is 9.79. The van der Waals surface area contributed by atoms with Crippen molar-refractivity contribution in [3.63, 3.8) is 0 Å². The molecule has 1 fully saturated rings. The minimum atomic E-state index is -1.59. The fourth-order valence-electron chi connectivity index (χ4n) is 5.89. The SMILES string of the molecule is O=C1CCC[C@H]2C[C@H](C[C@](O)(C=Cc3ccccc3)O2)c2c(cc(O)c3c2O[C@H](c2ccccc2)CC3=O)O1. The number of Topliss-reactive ketones (excluding diaryl/α,β-unsaturated/α-hetero) is 1. The maximum absolute atomic E-state index is 13.3. The monoisotopic (exact) mass is 526 g/mol. The van der Waals surface area contributed by atoms with Crippen molar-refractivity contribution in [3.05, 3.63) is 95.1 Å². The van der Waals surface area contributed by atoms with Crippen LogP contribution in [0.4, 0.5) is 0 Å². The Morgan fingerprint density at radius 1 is 1.00 bits per heavy atom. The van der Waals surface area contributed by atoms with Crippen molar-refractivity contribution < 1.29 is 34.0 Å². The van der Waals surface area contributed by atoms with Gasteiger partial charge in [-0.25, -0.2) is 0 Å². The van der Waals surface area contributed by atoms with Crippen LogP contribution in [-0.4, -0.2) is 33.9 Å². The Morgan fingerprint density at radius 3 is 2.51 bits per heavy atom. The fourth-order valence-corrected chi connectivity index (χ4v) is 5.89. The second-order valence-electron chi connectivity index (χ2n) is 10.5. The zero-order valence-electron chi connectivity index (χ0n) is 21.4. The molecule has 4 atom stereocenters. The van der Waals surface area contributed by atoms with Crippen molar-refractivity contribution in [2.24, 2.45) is 0 Å². The predicted octanol–water partition coefficient (Wildman–Crippen LogP) is 5.85.